The van der Waals surface area contributed by atoms with Crippen LogP contribution in [0.3, 0.4) is 0 Å². The fraction of sp³-hybridized carbons (Fsp3) is 0.611. The molecule has 25 heavy (non-hydrogen) atoms. The first-order valence-corrected chi connectivity index (χ1v) is 8.96. The third kappa shape index (κ3) is 5.85. The maximum Gasteiger partial charge on any atom is 0.191 e. The second-order valence-electron chi connectivity index (χ2n) is 6.33. The summed E-state index contributed by atoms with van der Waals surface area (Å²) < 4.78 is 27.0. The van der Waals surface area contributed by atoms with Crippen LogP contribution < -0.4 is 15.5 Å². The van der Waals surface area contributed by atoms with Crippen molar-refractivity contribution in [2.24, 2.45) is 4.99 Å². The second-order valence-corrected chi connectivity index (χ2v) is 6.33. The summed E-state index contributed by atoms with van der Waals surface area (Å²) in [7, 11) is 2.07. The summed E-state index contributed by atoms with van der Waals surface area (Å²) >= 11 is 0. The van der Waals surface area contributed by atoms with Gasteiger partial charge in [0.25, 0.3) is 0 Å². The zero-order valence-corrected chi connectivity index (χ0v) is 15.4. The minimum Gasteiger partial charge on any atom is -0.367 e. The van der Waals surface area contributed by atoms with Gasteiger partial charge in [0.2, 0.25) is 0 Å². The molecule has 7 heteroatoms. The standard InChI is InChI=1S/C18H29F2N5/c1-4-21-18(22-9-11-24(3)5-2)23-15-8-10-25(13-15)17-7-6-14(19)12-16(17)20/h6-7,12,15H,4-5,8-11,13H2,1-3H3,(H2,21,22,23). The van der Waals surface area contributed by atoms with Crippen molar-refractivity contribution in [3.8, 4) is 0 Å². The highest BCUT2D eigenvalue weighted by Crippen LogP contribution is 2.24. The Balaban J connectivity index is 1.91. The summed E-state index contributed by atoms with van der Waals surface area (Å²) in [5.74, 6) is -0.268. The van der Waals surface area contributed by atoms with E-state index in [-0.39, 0.29) is 6.04 Å². The molecule has 5 nitrogen and oxygen atoms in total. The number of aliphatic imine (C=N–C) groups is 1. The Morgan fingerprint density at radius 3 is 2.84 bits per heavy atom. The summed E-state index contributed by atoms with van der Waals surface area (Å²) in [6.45, 7) is 8.98. The van der Waals surface area contributed by atoms with Gasteiger partial charge in [-0.2, -0.15) is 0 Å². The van der Waals surface area contributed by atoms with Crippen LogP contribution in [0.2, 0.25) is 0 Å². The zero-order valence-electron chi connectivity index (χ0n) is 15.4. The molecule has 1 saturated heterocycles. The number of benzene rings is 1. The molecule has 2 N–H and O–H groups in total. The minimum absolute atomic E-state index is 0.186. The molecule has 0 radical (unpaired) electrons. The fourth-order valence-corrected chi connectivity index (χ4v) is 2.84. The van der Waals surface area contributed by atoms with Crippen LogP contribution in [-0.4, -0.2) is 63.2 Å². The van der Waals surface area contributed by atoms with Gasteiger partial charge in [-0.25, -0.2) is 8.78 Å². The highest BCUT2D eigenvalue weighted by atomic mass is 19.1. The molecule has 1 heterocycles. The number of nitrogens with zero attached hydrogens (tertiary/aromatic N) is 3. The van der Waals surface area contributed by atoms with Gasteiger partial charge in [-0.3, -0.25) is 4.99 Å². The molecule has 1 aromatic rings. The lowest BCUT2D eigenvalue weighted by molar-refractivity contribution is 0.363. The quantitative estimate of drug-likeness (QED) is 0.582. The molecule has 1 aromatic carbocycles. The van der Waals surface area contributed by atoms with Gasteiger partial charge in [-0.05, 0) is 39.1 Å². The highest BCUT2D eigenvalue weighted by Gasteiger charge is 2.25. The number of hydrogen-bond donors (Lipinski definition) is 2. The molecular formula is C18H29F2N5. The highest BCUT2D eigenvalue weighted by molar-refractivity contribution is 5.80. The maximum atomic E-state index is 13.9. The summed E-state index contributed by atoms with van der Waals surface area (Å²) in [6, 6.07) is 3.93. The molecule has 1 atom stereocenters. The predicted octanol–water partition coefficient (Wildman–Crippen LogP) is 2.05. The Morgan fingerprint density at radius 2 is 2.16 bits per heavy atom. The van der Waals surface area contributed by atoms with Crippen molar-refractivity contribution < 1.29 is 8.78 Å². The normalized spacial score (nSPS) is 18.1. The van der Waals surface area contributed by atoms with E-state index in [4.69, 9.17) is 0 Å². The van der Waals surface area contributed by atoms with E-state index in [1.54, 1.807) is 0 Å². The smallest absolute Gasteiger partial charge is 0.191 e. The van der Waals surface area contributed by atoms with Crippen molar-refractivity contribution in [2.45, 2.75) is 26.3 Å². The number of nitrogens with one attached hydrogen (secondary N) is 2. The van der Waals surface area contributed by atoms with Crippen molar-refractivity contribution >= 4 is 11.6 Å². The van der Waals surface area contributed by atoms with Crippen LogP contribution in [0.5, 0.6) is 0 Å². The van der Waals surface area contributed by atoms with Gasteiger partial charge in [-0.15, -0.1) is 0 Å². The van der Waals surface area contributed by atoms with Gasteiger partial charge in [0.05, 0.1) is 12.2 Å². The Kier molecular flexibility index (Phi) is 7.43. The largest absolute Gasteiger partial charge is 0.367 e. The Labute approximate surface area is 149 Å². The third-order valence-corrected chi connectivity index (χ3v) is 4.42. The van der Waals surface area contributed by atoms with E-state index >= 15 is 0 Å². The number of anilines is 1. The molecular weight excluding hydrogens is 324 g/mol. The molecule has 0 saturated carbocycles. The third-order valence-electron chi connectivity index (χ3n) is 4.42. The lowest BCUT2D eigenvalue weighted by Crippen LogP contribution is -2.45. The van der Waals surface area contributed by atoms with Crippen molar-refractivity contribution in [1.82, 2.24) is 15.5 Å². The zero-order chi connectivity index (χ0) is 18.2. The fourth-order valence-electron chi connectivity index (χ4n) is 2.84. The summed E-state index contributed by atoms with van der Waals surface area (Å²) in [4.78, 5) is 8.76. The minimum atomic E-state index is -0.547. The molecule has 0 aliphatic carbocycles. The number of rotatable bonds is 7. The van der Waals surface area contributed by atoms with Crippen LogP contribution in [0.25, 0.3) is 0 Å². The van der Waals surface area contributed by atoms with E-state index in [1.807, 2.05) is 11.8 Å². The van der Waals surface area contributed by atoms with Crippen molar-refractivity contribution in [3.63, 3.8) is 0 Å². The van der Waals surface area contributed by atoms with Gasteiger partial charge in [0, 0.05) is 38.3 Å². The summed E-state index contributed by atoms with van der Waals surface area (Å²) in [6.07, 6.45) is 0.885. The van der Waals surface area contributed by atoms with Crippen LogP contribution in [0.4, 0.5) is 14.5 Å². The van der Waals surface area contributed by atoms with Gasteiger partial charge in [0.1, 0.15) is 11.6 Å². The van der Waals surface area contributed by atoms with Crippen LogP contribution in [0, 0.1) is 11.6 Å². The second kappa shape index (κ2) is 9.56. The van der Waals surface area contributed by atoms with Crippen molar-refractivity contribution in [1.29, 1.82) is 0 Å². The Bertz CT molecular complexity index is 579. The first-order chi connectivity index (χ1) is 12.0. The van der Waals surface area contributed by atoms with E-state index in [0.29, 0.717) is 12.2 Å². The predicted molar refractivity (Wildman–Crippen MR) is 99.3 cm³/mol. The van der Waals surface area contributed by atoms with Crippen LogP contribution in [0.15, 0.2) is 23.2 Å². The molecule has 2 rings (SSSR count). The van der Waals surface area contributed by atoms with E-state index in [0.717, 1.165) is 51.2 Å². The molecule has 1 unspecified atom stereocenters. The number of guanidine groups is 1. The van der Waals surface area contributed by atoms with Gasteiger partial charge in [-0.1, -0.05) is 6.92 Å². The van der Waals surface area contributed by atoms with Crippen molar-refractivity contribution in [3.05, 3.63) is 29.8 Å². The number of likely N-dealkylation sites (N-methyl/N-ethyl adjacent to an activating group) is 1. The van der Waals surface area contributed by atoms with E-state index in [9.17, 15) is 8.78 Å². The van der Waals surface area contributed by atoms with E-state index in [1.165, 1.54) is 12.1 Å². The lowest BCUT2D eigenvalue weighted by Gasteiger charge is -2.21. The maximum absolute atomic E-state index is 13.9. The molecule has 140 valence electrons. The summed E-state index contributed by atoms with van der Waals surface area (Å²) in [5.41, 5.74) is 0.456. The first-order valence-electron chi connectivity index (χ1n) is 8.96. The van der Waals surface area contributed by atoms with Gasteiger partial charge < -0.3 is 20.4 Å². The van der Waals surface area contributed by atoms with Crippen LogP contribution >= 0.6 is 0 Å². The average molecular weight is 353 g/mol. The van der Waals surface area contributed by atoms with Crippen LogP contribution in [-0.2, 0) is 0 Å². The molecule has 0 aromatic heterocycles. The topological polar surface area (TPSA) is 42.9 Å². The molecule has 0 spiro atoms. The Hall–Kier alpha value is -1.89. The van der Waals surface area contributed by atoms with Gasteiger partial charge >= 0.3 is 0 Å². The average Bonchev–Trinajstić information content (AvgIpc) is 3.03. The number of hydrogen-bond acceptors (Lipinski definition) is 3. The summed E-state index contributed by atoms with van der Waals surface area (Å²) in [5, 5.41) is 6.67. The van der Waals surface area contributed by atoms with E-state index < -0.39 is 11.6 Å². The van der Waals surface area contributed by atoms with Crippen molar-refractivity contribution in [2.75, 3.05) is 51.2 Å². The molecule has 0 bridgehead atoms. The molecule has 1 fully saturated rings. The monoisotopic (exact) mass is 353 g/mol. The van der Waals surface area contributed by atoms with Gasteiger partial charge in [0.15, 0.2) is 5.96 Å². The first kappa shape index (κ1) is 19.4. The SMILES string of the molecule is CCNC(=NCCN(C)CC)NC1CCN(c2ccc(F)cc2F)C1. The molecule has 0 amide bonds. The lowest BCUT2D eigenvalue weighted by atomic mass is 10.2. The molecule has 1 aliphatic rings. The van der Waals surface area contributed by atoms with Crippen LogP contribution in [0.1, 0.15) is 20.3 Å². The Morgan fingerprint density at radius 1 is 1.36 bits per heavy atom. The van der Waals surface area contributed by atoms with E-state index in [2.05, 4.69) is 34.5 Å². The molecule has 1 aliphatic heterocycles. The number of halogens is 2.